The number of hydrogen-bond acceptors (Lipinski definition) is 5. The number of fused-ring (bicyclic) bond motifs is 3. The Bertz CT molecular complexity index is 1260. The fraction of sp³-hybridized carbons (Fsp3) is 0.811. The minimum atomic E-state index is -3.96. The Balaban J connectivity index is 1.36. The zero-order valence-corrected chi connectivity index (χ0v) is 30.1. The largest absolute Gasteiger partial charge is 0.393 e. The van der Waals surface area contributed by atoms with Gasteiger partial charge in [-0.15, -0.1) is 0 Å². The van der Waals surface area contributed by atoms with Crippen molar-refractivity contribution < 1.29 is 23.4 Å². The van der Waals surface area contributed by atoms with Crippen LogP contribution in [-0.2, 0) is 15.4 Å². The molecule has 4 N–H and O–H groups in total. The number of carbonyl (C=O) groups excluding carboxylic acids is 1. The van der Waals surface area contributed by atoms with E-state index in [2.05, 4.69) is 65.4 Å². The van der Waals surface area contributed by atoms with Crippen molar-refractivity contribution in [1.82, 2.24) is 10.0 Å². The first-order valence-electron chi connectivity index (χ1n) is 17.7. The van der Waals surface area contributed by atoms with Crippen LogP contribution in [0, 0.1) is 46.3 Å². The van der Waals surface area contributed by atoms with Gasteiger partial charge in [0, 0.05) is 6.54 Å². The van der Waals surface area contributed by atoms with Crippen LogP contribution in [0.5, 0.6) is 0 Å². The van der Waals surface area contributed by atoms with E-state index in [4.69, 9.17) is 0 Å². The number of urea groups is 1. The molecule has 3 unspecified atom stereocenters. The molecule has 4 rings (SSSR count). The minimum Gasteiger partial charge on any atom is -0.393 e. The van der Waals surface area contributed by atoms with Gasteiger partial charge in [-0.25, -0.2) is 17.9 Å². The second kappa shape index (κ2) is 13.8. The molecule has 0 aliphatic heterocycles. The average molecular weight is 647 g/mol. The summed E-state index contributed by atoms with van der Waals surface area (Å²) in [5.74, 6) is 2.45. The van der Waals surface area contributed by atoms with E-state index in [0.29, 0.717) is 42.1 Å². The zero-order valence-electron chi connectivity index (χ0n) is 29.2. The first-order chi connectivity index (χ1) is 21.0. The first kappa shape index (κ1) is 36.2. The monoisotopic (exact) mass is 646 g/mol. The highest BCUT2D eigenvalue weighted by atomic mass is 32.2. The van der Waals surface area contributed by atoms with E-state index in [9.17, 15) is 23.4 Å². The van der Waals surface area contributed by atoms with Crippen LogP contribution in [0.3, 0.4) is 0 Å². The predicted molar refractivity (Wildman–Crippen MR) is 181 cm³/mol. The van der Waals surface area contributed by atoms with Gasteiger partial charge in [0.1, 0.15) is 0 Å². The third-order valence-corrected chi connectivity index (χ3v) is 14.1. The maximum atomic E-state index is 12.8. The number of amides is 2. The van der Waals surface area contributed by atoms with Gasteiger partial charge in [-0.2, -0.15) is 0 Å². The van der Waals surface area contributed by atoms with Crippen molar-refractivity contribution in [3.63, 3.8) is 0 Å². The number of carbonyl (C=O) groups is 1. The number of sulfonamides is 1. The number of aliphatic hydroxyl groups is 2. The molecule has 3 aliphatic carbocycles. The Morgan fingerprint density at radius 1 is 1.04 bits per heavy atom. The molecule has 3 fully saturated rings. The van der Waals surface area contributed by atoms with Crippen LogP contribution >= 0.6 is 0 Å². The molecule has 0 saturated heterocycles. The van der Waals surface area contributed by atoms with Crippen molar-refractivity contribution in [1.29, 1.82) is 0 Å². The highest BCUT2D eigenvalue weighted by molar-refractivity contribution is 7.90. The fourth-order valence-electron chi connectivity index (χ4n) is 9.98. The zero-order chi connectivity index (χ0) is 33.4. The van der Waals surface area contributed by atoms with Crippen LogP contribution in [0.15, 0.2) is 29.2 Å². The third-order valence-electron chi connectivity index (χ3n) is 12.8. The van der Waals surface area contributed by atoms with E-state index in [0.717, 1.165) is 69.8 Å². The number of benzene rings is 1. The maximum Gasteiger partial charge on any atom is 0.328 e. The Morgan fingerprint density at radius 2 is 1.71 bits per heavy atom. The van der Waals surface area contributed by atoms with Crippen LogP contribution in [-0.4, -0.2) is 43.4 Å². The molecule has 8 heteroatoms. The van der Waals surface area contributed by atoms with E-state index >= 15 is 0 Å². The Kier molecular flexibility index (Phi) is 11.1. The van der Waals surface area contributed by atoms with Gasteiger partial charge in [-0.3, -0.25) is 0 Å². The van der Waals surface area contributed by atoms with Crippen LogP contribution < -0.4 is 10.0 Å². The molecule has 1 aromatic rings. The molecular weight excluding hydrogens is 584 g/mol. The molecule has 0 aromatic heterocycles. The molecule has 3 saturated carbocycles. The van der Waals surface area contributed by atoms with Gasteiger partial charge in [0.25, 0.3) is 10.0 Å². The molecule has 10 atom stereocenters. The van der Waals surface area contributed by atoms with Crippen LogP contribution in [0.2, 0.25) is 0 Å². The first-order valence-corrected chi connectivity index (χ1v) is 19.2. The lowest BCUT2D eigenvalue weighted by molar-refractivity contribution is -0.158. The van der Waals surface area contributed by atoms with Gasteiger partial charge >= 0.3 is 6.03 Å². The summed E-state index contributed by atoms with van der Waals surface area (Å²) in [7, 11) is -3.96. The van der Waals surface area contributed by atoms with E-state index in [1.165, 1.54) is 0 Å². The molecule has 7 nitrogen and oxygen atoms in total. The molecule has 0 bridgehead atoms. The molecular formula is C37H62N2O5S. The fourth-order valence-corrected chi connectivity index (χ4v) is 10.9. The summed E-state index contributed by atoms with van der Waals surface area (Å²) in [5.41, 5.74) is 1.23. The van der Waals surface area contributed by atoms with E-state index in [-0.39, 0.29) is 33.3 Å². The molecule has 256 valence electrons. The summed E-state index contributed by atoms with van der Waals surface area (Å²) >= 11 is 0. The summed E-state index contributed by atoms with van der Waals surface area (Å²) in [4.78, 5) is 12.7. The maximum absolute atomic E-state index is 12.8. The third kappa shape index (κ3) is 7.59. The predicted octanol–water partition coefficient (Wildman–Crippen LogP) is 7.41. The van der Waals surface area contributed by atoms with Crippen molar-refractivity contribution in [2.24, 2.45) is 46.3 Å². The van der Waals surface area contributed by atoms with Gasteiger partial charge in [-0.05, 0) is 127 Å². The second-order valence-electron chi connectivity index (χ2n) is 16.5. The summed E-state index contributed by atoms with van der Waals surface area (Å²) < 4.78 is 27.8. The topological polar surface area (TPSA) is 116 Å². The Labute approximate surface area is 273 Å². The van der Waals surface area contributed by atoms with Crippen LogP contribution in [0.25, 0.3) is 0 Å². The summed E-state index contributed by atoms with van der Waals surface area (Å²) in [6, 6.07) is 5.99. The van der Waals surface area contributed by atoms with E-state index < -0.39 is 16.1 Å². The molecule has 1 aromatic carbocycles. The number of nitrogens with one attached hydrogen (secondary N) is 2. The van der Waals surface area contributed by atoms with Crippen LogP contribution in [0.1, 0.15) is 125 Å². The Hall–Kier alpha value is -1.64. The molecule has 0 spiro atoms. The smallest absolute Gasteiger partial charge is 0.328 e. The lowest BCUT2D eigenvalue weighted by Gasteiger charge is -2.60. The summed E-state index contributed by atoms with van der Waals surface area (Å²) in [5, 5.41) is 25.0. The van der Waals surface area contributed by atoms with Crippen molar-refractivity contribution in [2.45, 2.75) is 142 Å². The van der Waals surface area contributed by atoms with Crippen molar-refractivity contribution in [2.75, 3.05) is 6.54 Å². The van der Waals surface area contributed by atoms with Gasteiger partial charge in [0.2, 0.25) is 0 Å². The van der Waals surface area contributed by atoms with Crippen molar-refractivity contribution >= 4 is 16.1 Å². The number of rotatable bonds is 11. The van der Waals surface area contributed by atoms with Crippen LogP contribution in [0.4, 0.5) is 4.79 Å². The normalized spacial score (nSPS) is 34.8. The van der Waals surface area contributed by atoms with Gasteiger partial charge in [0.05, 0.1) is 17.1 Å². The van der Waals surface area contributed by atoms with E-state index in [1.807, 2.05) is 0 Å². The van der Waals surface area contributed by atoms with Gasteiger partial charge in [-0.1, -0.05) is 73.9 Å². The lowest BCUT2D eigenvalue weighted by Crippen LogP contribution is -2.57. The molecule has 3 aliphatic rings. The molecule has 0 radical (unpaired) electrons. The van der Waals surface area contributed by atoms with Crippen molar-refractivity contribution in [3.05, 3.63) is 29.8 Å². The minimum absolute atomic E-state index is 0.0763. The molecule has 0 heterocycles. The Morgan fingerprint density at radius 3 is 2.31 bits per heavy atom. The number of hydrogen-bond donors (Lipinski definition) is 4. The number of aliphatic hydroxyl groups excluding tert-OH is 2. The highest BCUT2D eigenvalue weighted by Gasteiger charge is 2.61. The quantitative estimate of drug-likeness (QED) is 0.200. The standard InChI is InChI=1S/C37H62N2O5S/c1-9-25-23-36(7,20-17-27(40)10-2)30-18-21-37(8)29(15-16-31(37)32(30)33(25)41)24(3)19-22-38-34(42)39-45(43,44)28-13-11-26(12-14-28)35(4,5)6/h11-14,24-25,27,29-33,40-41H,9-10,15-23H2,1-8H3,(H2,38,39,42)/t24-,25-,27+,29?,30+,31+,32-,33-,36?,37?/m1/s1. The lowest BCUT2D eigenvalue weighted by atomic mass is 9.45. The van der Waals surface area contributed by atoms with Crippen molar-refractivity contribution in [3.8, 4) is 0 Å². The SMILES string of the molecule is CC[C@H](O)CCC1(C)C[C@@H](CC)[C@@H](O)[C@@H]2[C@@H]1CCC1(C)C([C@H](C)CCNC(=O)NS(=O)(=O)c3ccc(C(C)(C)C)cc3)CC[C@@H]21. The second-order valence-corrected chi connectivity index (χ2v) is 18.2. The highest BCUT2D eigenvalue weighted by Crippen LogP contribution is 2.67. The van der Waals surface area contributed by atoms with E-state index in [1.54, 1.807) is 24.3 Å². The van der Waals surface area contributed by atoms with Gasteiger partial charge < -0.3 is 15.5 Å². The average Bonchev–Trinajstić information content (AvgIpc) is 3.34. The molecule has 2 amide bonds. The van der Waals surface area contributed by atoms with Gasteiger partial charge in [0.15, 0.2) is 0 Å². The summed E-state index contributed by atoms with van der Waals surface area (Å²) in [6.45, 7) is 18.1. The molecule has 45 heavy (non-hydrogen) atoms. The summed E-state index contributed by atoms with van der Waals surface area (Å²) in [6.07, 6.45) is 9.53.